The Bertz CT molecular complexity index is 496. The van der Waals surface area contributed by atoms with Gasteiger partial charge in [-0.2, -0.15) is 0 Å². The van der Waals surface area contributed by atoms with E-state index in [1.165, 1.54) is 0 Å². The zero-order chi connectivity index (χ0) is 16.1. The van der Waals surface area contributed by atoms with Gasteiger partial charge in [-0.25, -0.2) is 0 Å². The molecule has 1 aromatic carbocycles. The van der Waals surface area contributed by atoms with Crippen LogP contribution in [0.4, 0.5) is 0 Å². The molecule has 4 heteroatoms. The number of rotatable bonds is 7. The molecule has 1 amide bonds. The number of hydrogen-bond acceptors (Lipinski definition) is 2. The first-order chi connectivity index (χ1) is 9.80. The molecular weight excluding hydrogens is 266 g/mol. The smallest absolute Gasteiger partial charge is 0.315 e. The topological polar surface area (TPSA) is 66.4 Å². The lowest BCUT2D eigenvalue weighted by atomic mass is 9.77. The number of carboxylic acid groups (broad SMARTS) is 1. The Morgan fingerprint density at radius 1 is 1.10 bits per heavy atom. The molecule has 0 saturated carbocycles. The number of carboxylic acids is 1. The van der Waals surface area contributed by atoms with Gasteiger partial charge in [0.05, 0.1) is 0 Å². The molecule has 4 nitrogen and oxygen atoms in total. The minimum Gasteiger partial charge on any atom is -0.481 e. The Kier molecular flexibility index (Phi) is 5.53. The molecule has 0 aromatic heterocycles. The van der Waals surface area contributed by atoms with Gasteiger partial charge in [0.2, 0.25) is 5.91 Å². The second kappa shape index (κ2) is 6.74. The van der Waals surface area contributed by atoms with Crippen LogP contribution in [0.25, 0.3) is 0 Å². The van der Waals surface area contributed by atoms with E-state index in [0.717, 1.165) is 5.56 Å². The minimum atomic E-state index is -1.08. The zero-order valence-corrected chi connectivity index (χ0v) is 13.3. The van der Waals surface area contributed by atoms with Crippen LogP contribution in [0.1, 0.15) is 46.1 Å². The zero-order valence-electron chi connectivity index (χ0n) is 13.3. The summed E-state index contributed by atoms with van der Waals surface area (Å²) in [6, 6.07) is 9.09. The molecule has 1 aromatic rings. The molecule has 1 rings (SSSR count). The predicted molar refractivity (Wildman–Crippen MR) is 83.1 cm³/mol. The average Bonchev–Trinajstić information content (AvgIpc) is 2.48. The third-order valence-electron chi connectivity index (χ3n) is 4.39. The van der Waals surface area contributed by atoms with Crippen LogP contribution < -0.4 is 5.32 Å². The first kappa shape index (κ1) is 17.2. The Morgan fingerprint density at radius 2 is 1.67 bits per heavy atom. The summed E-state index contributed by atoms with van der Waals surface area (Å²) >= 11 is 0. The van der Waals surface area contributed by atoms with E-state index in [1.807, 2.05) is 45.9 Å². The predicted octanol–water partition coefficient (Wildman–Crippen LogP) is 2.97. The molecule has 0 spiro atoms. The van der Waals surface area contributed by atoms with Crippen LogP contribution in [0.3, 0.4) is 0 Å². The van der Waals surface area contributed by atoms with Crippen LogP contribution in [-0.4, -0.2) is 23.5 Å². The van der Waals surface area contributed by atoms with E-state index in [-0.39, 0.29) is 12.5 Å². The number of benzene rings is 1. The number of nitrogens with one attached hydrogen (secondary N) is 1. The van der Waals surface area contributed by atoms with Crippen molar-refractivity contribution in [2.45, 2.75) is 46.0 Å². The maximum atomic E-state index is 12.2. The Hall–Kier alpha value is -1.84. The minimum absolute atomic E-state index is 0.102. The SMILES string of the molecule is CCC(C)(C)C(=O)NCC(CC)(C(=O)O)c1ccccc1. The van der Waals surface area contributed by atoms with Crippen LogP contribution in [0.2, 0.25) is 0 Å². The Morgan fingerprint density at radius 3 is 2.10 bits per heavy atom. The van der Waals surface area contributed by atoms with Crippen LogP contribution in [0.15, 0.2) is 30.3 Å². The highest BCUT2D eigenvalue weighted by Crippen LogP contribution is 2.28. The fraction of sp³-hybridized carbons (Fsp3) is 0.529. The normalized spacial score (nSPS) is 14.3. The van der Waals surface area contributed by atoms with Crippen molar-refractivity contribution in [3.05, 3.63) is 35.9 Å². The Labute approximate surface area is 126 Å². The summed E-state index contributed by atoms with van der Waals surface area (Å²) in [4.78, 5) is 24.0. The summed E-state index contributed by atoms with van der Waals surface area (Å²) < 4.78 is 0. The number of aliphatic carboxylic acids is 1. The summed E-state index contributed by atoms with van der Waals surface area (Å²) in [5, 5.41) is 12.5. The highest BCUT2D eigenvalue weighted by Gasteiger charge is 2.40. The summed E-state index contributed by atoms with van der Waals surface area (Å²) in [5.74, 6) is -1.02. The van der Waals surface area contributed by atoms with Gasteiger partial charge in [-0.15, -0.1) is 0 Å². The molecule has 1 unspecified atom stereocenters. The number of carbonyl (C=O) groups is 2. The molecule has 0 aliphatic carbocycles. The van der Waals surface area contributed by atoms with E-state index < -0.39 is 16.8 Å². The van der Waals surface area contributed by atoms with Crippen molar-refractivity contribution >= 4 is 11.9 Å². The van der Waals surface area contributed by atoms with Gasteiger partial charge in [0.1, 0.15) is 5.41 Å². The maximum Gasteiger partial charge on any atom is 0.315 e. The molecule has 116 valence electrons. The maximum absolute atomic E-state index is 12.2. The lowest BCUT2D eigenvalue weighted by molar-refractivity contribution is -0.144. The summed E-state index contributed by atoms with van der Waals surface area (Å²) in [5.41, 5.74) is -0.857. The second-order valence-electron chi connectivity index (χ2n) is 6.03. The first-order valence-electron chi connectivity index (χ1n) is 7.37. The molecule has 0 aliphatic heterocycles. The van der Waals surface area contributed by atoms with Crippen LogP contribution in [0, 0.1) is 5.41 Å². The van der Waals surface area contributed by atoms with Crippen LogP contribution in [-0.2, 0) is 15.0 Å². The quantitative estimate of drug-likeness (QED) is 0.811. The first-order valence-corrected chi connectivity index (χ1v) is 7.37. The second-order valence-corrected chi connectivity index (χ2v) is 6.03. The van der Waals surface area contributed by atoms with Crippen molar-refractivity contribution in [1.29, 1.82) is 0 Å². The molecule has 2 N–H and O–H groups in total. The molecule has 0 heterocycles. The van der Waals surface area contributed by atoms with Gasteiger partial charge in [0.25, 0.3) is 0 Å². The fourth-order valence-electron chi connectivity index (χ4n) is 2.17. The van der Waals surface area contributed by atoms with E-state index in [9.17, 15) is 14.7 Å². The van der Waals surface area contributed by atoms with Gasteiger partial charge in [0.15, 0.2) is 0 Å². The van der Waals surface area contributed by atoms with Crippen molar-refractivity contribution < 1.29 is 14.7 Å². The lowest BCUT2D eigenvalue weighted by Crippen LogP contribution is -2.49. The van der Waals surface area contributed by atoms with Gasteiger partial charge >= 0.3 is 5.97 Å². The molecule has 21 heavy (non-hydrogen) atoms. The van der Waals surface area contributed by atoms with Gasteiger partial charge in [-0.3, -0.25) is 9.59 Å². The highest BCUT2D eigenvalue weighted by atomic mass is 16.4. The van der Waals surface area contributed by atoms with Crippen molar-refractivity contribution in [1.82, 2.24) is 5.32 Å². The van der Waals surface area contributed by atoms with Gasteiger partial charge in [-0.05, 0) is 18.4 Å². The Balaban J connectivity index is 3.01. The van der Waals surface area contributed by atoms with Gasteiger partial charge in [0, 0.05) is 12.0 Å². The lowest BCUT2D eigenvalue weighted by Gasteiger charge is -2.31. The third kappa shape index (κ3) is 3.63. The molecule has 0 bridgehead atoms. The van der Waals surface area contributed by atoms with Gasteiger partial charge in [-0.1, -0.05) is 58.0 Å². The standard InChI is InChI=1S/C17H25NO3/c1-5-16(3,4)14(19)18-12-17(6-2,15(20)21)13-10-8-7-9-11-13/h7-11H,5-6,12H2,1-4H3,(H,18,19)(H,20,21). The van der Waals surface area contributed by atoms with E-state index >= 15 is 0 Å². The average molecular weight is 291 g/mol. The molecule has 0 radical (unpaired) electrons. The molecule has 0 saturated heterocycles. The summed E-state index contributed by atoms with van der Waals surface area (Å²) in [6.45, 7) is 7.60. The monoisotopic (exact) mass is 291 g/mol. The number of hydrogen-bond donors (Lipinski definition) is 2. The largest absolute Gasteiger partial charge is 0.481 e. The van der Waals surface area contributed by atoms with E-state index in [0.29, 0.717) is 12.8 Å². The van der Waals surface area contributed by atoms with Crippen molar-refractivity contribution in [2.24, 2.45) is 5.41 Å². The molecule has 0 fully saturated rings. The highest BCUT2D eigenvalue weighted by molar-refractivity contribution is 5.85. The van der Waals surface area contributed by atoms with E-state index in [1.54, 1.807) is 12.1 Å². The van der Waals surface area contributed by atoms with E-state index in [2.05, 4.69) is 5.32 Å². The van der Waals surface area contributed by atoms with Crippen LogP contribution in [0.5, 0.6) is 0 Å². The summed E-state index contributed by atoms with van der Waals surface area (Å²) in [7, 11) is 0. The van der Waals surface area contributed by atoms with Crippen molar-refractivity contribution in [3.63, 3.8) is 0 Å². The van der Waals surface area contributed by atoms with Gasteiger partial charge < -0.3 is 10.4 Å². The van der Waals surface area contributed by atoms with Crippen LogP contribution >= 0.6 is 0 Å². The molecule has 0 aliphatic rings. The van der Waals surface area contributed by atoms with Crippen molar-refractivity contribution in [2.75, 3.05) is 6.54 Å². The fourth-order valence-corrected chi connectivity index (χ4v) is 2.17. The molecule has 1 atom stereocenters. The number of carbonyl (C=O) groups excluding carboxylic acids is 1. The van der Waals surface area contributed by atoms with E-state index in [4.69, 9.17) is 0 Å². The third-order valence-corrected chi connectivity index (χ3v) is 4.39. The number of amides is 1. The van der Waals surface area contributed by atoms with Crippen molar-refractivity contribution in [3.8, 4) is 0 Å². The summed E-state index contributed by atoms with van der Waals surface area (Å²) in [6.07, 6.45) is 1.12. The molecular formula is C17H25NO3.